The van der Waals surface area contributed by atoms with E-state index in [4.69, 9.17) is 22.3 Å². The van der Waals surface area contributed by atoms with Crippen LogP contribution in [0.5, 0.6) is 0 Å². The van der Waals surface area contributed by atoms with Crippen molar-refractivity contribution in [1.82, 2.24) is 19.3 Å². The highest BCUT2D eigenvalue weighted by Gasteiger charge is 2.24. The number of halogens is 1. The van der Waals surface area contributed by atoms with Crippen LogP contribution in [0.2, 0.25) is 5.02 Å². The Bertz CT molecular complexity index is 1330. The summed E-state index contributed by atoms with van der Waals surface area (Å²) in [4.78, 5) is 20.4. The fourth-order valence-corrected chi connectivity index (χ4v) is 4.77. The van der Waals surface area contributed by atoms with E-state index in [0.29, 0.717) is 29.1 Å². The van der Waals surface area contributed by atoms with Crippen LogP contribution in [0.1, 0.15) is 25.3 Å². The zero-order valence-corrected chi connectivity index (χ0v) is 18.2. The van der Waals surface area contributed by atoms with Gasteiger partial charge in [0.25, 0.3) is 5.56 Å². The normalized spacial score (nSPS) is 17.0. The molecule has 0 radical (unpaired) electrons. The molecule has 7 nitrogen and oxygen atoms in total. The summed E-state index contributed by atoms with van der Waals surface area (Å²) in [5, 5.41) is 7.12. The lowest BCUT2D eigenvalue weighted by Crippen LogP contribution is -2.44. The average molecular weight is 437 g/mol. The summed E-state index contributed by atoms with van der Waals surface area (Å²) >= 11 is 6.36. The molecule has 31 heavy (non-hydrogen) atoms. The molecule has 2 N–H and O–H groups in total. The minimum atomic E-state index is -0.140. The van der Waals surface area contributed by atoms with Crippen LogP contribution in [0.15, 0.2) is 47.4 Å². The van der Waals surface area contributed by atoms with Crippen molar-refractivity contribution in [2.24, 2.45) is 5.73 Å². The minimum Gasteiger partial charge on any atom is -0.341 e. The van der Waals surface area contributed by atoms with Gasteiger partial charge in [-0.05, 0) is 36.8 Å². The van der Waals surface area contributed by atoms with Crippen LogP contribution in [0.25, 0.3) is 21.8 Å². The van der Waals surface area contributed by atoms with Gasteiger partial charge in [-0.15, -0.1) is 0 Å². The van der Waals surface area contributed by atoms with E-state index in [-0.39, 0.29) is 11.6 Å². The first-order valence-corrected chi connectivity index (χ1v) is 11.1. The standard InChI is InChI=1S/C23H25ClN6O/c1-2-29-21-20(27-23(29)28-11-5-6-16(25)14-28)12-26-30(22(21)31)13-15-9-10-19(24)18-8-4-3-7-17(15)18/h3-4,7-10,12,16H,2,5-6,11,13-14,25H2,1H3/t16-/m1/s1. The molecule has 1 atom stereocenters. The highest BCUT2D eigenvalue weighted by molar-refractivity contribution is 6.35. The smallest absolute Gasteiger partial charge is 0.293 e. The second-order valence-corrected chi connectivity index (χ2v) is 8.50. The first-order chi connectivity index (χ1) is 15.1. The van der Waals surface area contributed by atoms with Crippen LogP contribution in [0.3, 0.4) is 0 Å². The number of nitrogens with two attached hydrogens (primary N) is 1. The predicted octanol–water partition coefficient (Wildman–Crippen LogP) is 3.40. The number of fused-ring (bicyclic) bond motifs is 2. The largest absolute Gasteiger partial charge is 0.341 e. The third kappa shape index (κ3) is 3.47. The van der Waals surface area contributed by atoms with Gasteiger partial charge in [-0.2, -0.15) is 5.10 Å². The maximum Gasteiger partial charge on any atom is 0.293 e. The highest BCUT2D eigenvalue weighted by atomic mass is 35.5. The number of aromatic nitrogens is 4. The number of hydrogen-bond donors (Lipinski definition) is 1. The van der Waals surface area contributed by atoms with Crippen LogP contribution < -0.4 is 16.2 Å². The Kier molecular flexibility index (Phi) is 5.16. The van der Waals surface area contributed by atoms with Gasteiger partial charge < -0.3 is 15.2 Å². The number of piperidine rings is 1. The Morgan fingerprint density at radius 1 is 1.19 bits per heavy atom. The SMILES string of the molecule is CCn1c(N2CCC[C@@H](N)C2)nc2cnn(Cc3ccc(Cl)c4ccccc34)c(=O)c21. The fraction of sp³-hybridized carbons (Fsp3) is 0.348. The van der Waals surface area contributed by atoms with Gasteiger partial charge in [-0.1, -0.05) is 41.9 Å². The zero-order valence-electron chi connectivity index (χ0n) is 17.5. The summed E-state index contributed by atoms with van der Waals surface area (Å²) in [6.07, 6.45) is 3.74. The Balaban J connectivity index is 1.60. The van der Waals surface area contributed by atoms with Crippen molar-refractivity contribution >= 4 is 39.4 Å². The molecular weight excluding hydrogens is 412 g/mol. The molecular formula is C23H25ClN6O. The third-order valence-corrected chi connectivity index (χ3v) is 6.40. The van der Waals surface area contributed by atoms with E-state index < -0.39 is 0 Å². The first-order valence-electron chi connectivity index (χ1n) is 10.7. The second-order valence-electron chi connectivity index (χ2n) is 8.10. The molecule has 0 bridgehead atoms. The lowest BCUT2D eigenvalue weighted by molar-refractivity contribution is 0.494. The second kappa shape index (κ2) is 7.98. The van der Waals surface area contributed by atoms with Crippen LogP contribution >= 0.6 is 11.6 Å². The van der Waals surface area contributed by atoms with Gasteiger partial charge in [0.2, 0.25) is 5.95 Å². The van der Waals surface area contributed by atoms with Gasteiger partial charge in [0.15, 0.2) is 0 Å². The number of anilines is 1. The molecule has 160 valence electrons. The maximum atomic E-state index is 13.4. The summed E-state index contributed by atoms with van der Waals surface area (Å²) in [5.41, 5.74) is 8.25. The lowest BCUT2D eigenvalue weighted by atomic mass is 10.0. The number of benzene rings is 2. The van der Waals surface area contributed by atoms with Crippen LogP contribution in [-0.4, -0.2) is 38.5 Å². The zero-order chi connectivity index (χ0) is 21.5. The summed E-state index contributed by atoms with van der Waals surface area (Å²) in [6.45, 7) is 4.70. The van der Waals surface area contributed by atoms with Crippen molar-refractivity contribution in [1.29, 1.82) is 0 Å². The van der Waals surface area contributed by atoms with E-state index in [1.807, 2.05) is 47.9 Å². The Hall–Kier alpha value is -2.90. The number of hydrogen-bond acceptors (Lipinski definition) is 5. The molecule has 0 aliphatic carbocycles. The Morgan fingerprint density at radius 2 is 2.00 bits per heavy atom. The molecule has 1 fully saturated rings. The van der Waals surface area contributed by atoms with E-state index in [9.17, 15) is 4.79 Å². The number of rotatable bonds is 4. The van der Waals surface area contributed by atoms with Crippen LogP contribution in [-0.2, 0) is 13.1 Å². The molecule has 2 aromatic carbocycles. The van der Waals surface area contributed by atoms with Gasteiger partial charge in [-0.3, -0.25) is 4.79 Å². The van der Waals surface area contributed by atoms with Crippen molar-refractivity contribution in [3.8, 4) is 0 Å². The maximum absolute atomic E-state index is 13.4. The average Bonchev–Trinajstić information content (AvgIpc) is 3.17. The molecule has 1 saturated heterocycles. The van der Waals surface area contributed by atoms with E-state index >= 15 is 0 Å². The van der Waals surface area contributed by atoms with Crippen molar-refractivity contribution < 1.29 is 0 Å². The van der Waals surface area contributed by atoms with E-state index in [1.165, 1.54) is 4.68 Å². The molecule has 1 aliphatic heterocycles. The van der Waals surface area contributed by atoms with Crippen molar-refractivity contribution in [3.63, 3.8) is 0 Å². The van der Waals surface area contributed by atoms with Crippen molar-refractivity contribution in [2.75, 3.05) is 18.0 Å². The van der Waals surface area contributed by atoms with E-state index in [2.05, 4.69) is 10.00 Å². The van der Waals surface area contributed by atoms with Gasteiger partial charge in [0, 0.05) is 36.1 Å². The van der Waals surface area contributed by atoms with Gasteiger partial charge in [0.1, 0.15) is 11.0 Å². The fourth-order valence-electron chi connectivity index (χ4n) is 4.54. The van der Waals surface area contributed by atoms with Gasteiger partial charge in [0.05, 0.1) is 12.7 Å². The summed E-state index contributed by atoms with van der Waals surface area (Å²) in [5.74, 6) is 0.807. The quantitative estimate of drug-likeness (QED) is 0.530. The monoisotopic (exact) mass is 436 g/mol. The van der Waals surface area contributed by atoms with Crippen LogP contribution in [0, 0.1) is 0 Å². The molecule has 8 heteroatoms. The molecule has 0 saturated carbocycles. The molecule has 0 spiro atoms. The predicted molar refractivity (Wildman–Crippen MR) is 125 cm³/mol. The van der Waals surface area contributed by atoms with E-state index in [1.54, 1.807) is 6.20 Å². The molecule has 5 rings (SSSR count). The molecule has 1 aliphatic rings. The Labute approximate surface area is 185 Å². The number of nitrogens with zero attached hydrogens (tertiary/aromatic N) is 5. The van der Waals surface area contributed by atoms with Crippen molar-refractivity contribution in [2.45, 2.75) is 38.9 Å². The molecule has 0 unspecified atom stereocenters. The first kappa shape index (κ1) is 20.0. The van der Waals surface area contributed by atoms with Crippen LogP contribution in [0.4, 0.5) is 5.95 Å². The van der Waals surface area contributed by atoms with Gasteiger partial charge >= 0.3 is 0 Å². The van der Waals surface area contributed by atoms with Crippen molar-refractivity contribution in [3.05, 3.63) is 63.5 Å². The highest BCUT2D eigenvalue weighted by Crippen LogP contribution is 2.27. The van der Waals surface area contributed by atoms with E-state index in [0.717, 1.165) is 48.2 Å². The molecule has 3 heterocycles. The topological polar surface area (TPSA) is 82.0 Å². The number of aryl methyl sites for hydroxylation is 1. The summed E-state index contributed by atoms with van der Waals surface area (Å²) < 4.78 is 3.51. The van der Waals surface area contributed by atoms with Gasteiger partial charge in [-0.25, -0.2) is 9.67 Å². The molecule has 2 aromatic heterocycles. The third-order valence-electron chi connectivity index (χ3n) is 6.07. The lowest BCUT2D eigenvalue weighted by Gasteiger charge is -2.31. The molecule has 4 aromatic rings. The molecule has 0 amide bonds. The minimum absolute atomic E-state index is 0.131. The Morgan fingerprint density at radius 3 is 2.77 bits per heavy atom. The summed E-state index contributed by atoms with van der Waals surface area (Å²) in [6, 6.07) is 11.9. The summed E-state index contributed by atoms with van der Waals surface area (Å²) in [7, 11) is 0. The number of imidazole rings is 1.